The second-order valence-electron chi connectivity index (χ2n) is 7.84. The quantitative estimate of drug-likeness (QED) is 0.773. The Labute approximate surface area is 182 Å². The van der Waals surface area contributed by atoms with E-state index in [0.717, 1.165) is 53.5 Å². The van der Waals surface area contributed by atoms with Crippen molar-refractivity contribution in [2.24, 2.45) is 5.16 Å². The number of benzene rings is 1. The molecule has 0 aliphatic carbocycles. The average Bonchev–Trinajstić information content (AvgIpc) is 3.20. The molecular weight excluding hydrogens is 394 g/mol. The summed E-state index contributed by atoms with van der Waals surface area (Å²) in [6, 6.07) is 6.12. The zero-order chi connectivity index (χ0) is 21.8. The van der Waals surface area contributed by atoms with Crippen LogP contribution in [0, 0.1) is 6.92 Å². The third kappa shape index (κ3) is 4.57. The van der Waals surface area contributed by atoms with Gasteiger partial charge in [0.1, 0.15) is 12.4 Å². The molecule has 164 valence electrons. The zero-order valence-corrected chi connectivity index (χ0v) is 18.3. The molecular formula is C23H29N5O3. The number of nitrogens with one attached hydrogen (secondary N) is 1. The van der Waals surface area contributed by atoms with Crippen molar-refractivity contribution in [1.29, 1.82) is 0 Å². The number of methoxy groups -OCH3 is 1. The molecule has 4 rings (SSSR count). The summed E-state index contributed by atoms with van der Waals surface area (Å²) in [4.78, 5) is 24.1. The Morgan fingerprint density at radius 2 is 2.29 bits per heavy atom. The van der Waals surface area contributed by atoms with Crippen molar-refractivity contribution in [2.75, 3.05) is 26.8 Å². The predicted molar refractivity (Wildman–Crippen MR) is 119 cm³/mol. The second kappa shape index (κ2) is 9.24. The van der Waals surface area contributed by atoms with Crippen LogP contribution in [0.5, 0.6) is 5.75 Å². The van der Waals surface area contributed by atoms with E-state index in [0.29, 0.717) is 19.6 Å². The normalized spacial score (nSPS) is 19.5. The summed E-state index contributed by atoms with van der Waals surface area (Å²) in [7, 11) is 1.67. The fraction of sp³-hybridized carbons (Fsp3) is 0.435. The molecule has 0 saturated carbocycles. The maximum atomic E-state index is 12.1. The molecule has 8 nitrogen and oxygen atoms in total. The Morgan fingerprint density at radius 1 is 1.42 bits per heavy atom. The summed E-state index contributed by atoms with van der Waals surface area (Å²) in [5, 5.41) is 7.22. The number of piperidine rings is 1. The summed E-state index contributed by atoms with van der Waals surface area (Å²) in [6.45, 7) is 5.84. The Morgan fingerprint density at radius 3 is 3.03 bits per heavy atom. The monoisotopic (exact) mass is 423 g/mol. The lowest BCUT2D eigenvalue weighted by Gasteiger charge is -2.39. The number of fused-ring (bicyclic) bond motifs is 1. The van der Waals surface area contributed by atoms with E-state index in [2.05, 4.69) is 32.5 Å². The molecule has 1 N–H and O–H groups in total. The van der Waals surface area contributed by atoms with Crippen LogP contribution >= 0.6 is 0 Å². The number of nitrogens with zero attached hydrogens (tertiary/aromatic N) is 4. The second-order valence-corrected chi connectivity index (χ2v) is 7.84. The molecule has 3 heterocycles. The maximum Gasteiger partial charge on any atom is 0.222 e. The summed E-state index contributed by atoms with van der Waals surface area (Å²) < 4.78 is 7.60. The predicted octanol–water partition coefficient (Wildman–Crippen LogP) is 2.91. The van der Waals surface area contributed by atoms with Crippen LogP contribution in [0.4, 0.5) is 0 Å². The number of amidine groups is 1. The number of rotatable bonds is 6. The number of oxime groups is 1. The zero-order valence-electron chi connectivity index (χ0n) is 18.3. The van der Waals surface area contributed by atoms with Gasteiger partial charge in [-0.05, 0) is 56.0 Å². The smallest absolute Gasteiger partial charge is 0.222 e. The van der Waals surface area contributed by atoms with E-state index in [1.165, 1.54) is 0 Å². The molecule has 2 aliphatic rings. The highest BCUT2D eigenvalue weighted by atomic mass is 16.6. The number of amides is 1. The number of imidazole rings is 1. The lowest BCUT2D eigenvalue weighted by Crippen LogP contribution is -2.50. The number of ether oxygens (including phenoxy) is 1. The highest BCUT2D eigenvalue weighted by Crippen LogP contribution is 2.29. The van der Waals surface area contributed by atoms with Crippen molar-refractivity contribution < 1.29 is 14.4 Å². The summed E-state index contributed by atoms with van der Waals surface area (Å²) >= 11 is 0. The summed E-state index contributed by atoms with van der Waals surface area (Å²) in [6.07, 6.45) is 8.23. The van der Waals surface area contributed by atoms with Gasteiger partial charge in [0, 0.05) is 19.3 Å². The number of aromatic nitrogens is 2. The molecule has 1 amide bonds. The number of aryl methyl sites for hydroxylation is 1. The largest absolute Gasteiger partial charge is 0.495 e. The van der Waals surface area contributed by atoms with Crippen LogP contribution in [-0.4, -0.2) is 59.0 Å². The lowest BCUT2D eigenvalue weighted by atomic mass is 9.97. The van der Waals surface area contributed by atoms with Crippen LogP contribution in [0.2, 0.25) is 0 Å². The van der Waals surface area contributed by atoms with Crippen LogP contribution in [-0.2, 0) is 9.63 Å². The minimum Gasteiger partial charge on any atom is -0.495 e. The van der Waals surface area contributed by atoms with Crippen molar-refractivity contribution in [3.63, 3.8) is 0 Å². The molecule has 8 heteroatoms. The van der Waals surface area contributed by atoms with E-state index >= 15 is 0 Å². The maximum absolute atomic E-state index is 12.1. The molecule has 0 spiro atoms. The molecule has 31 heavy (non-hydrogen) atoms. The lowest BCUT2D eigenvalue weighted by molar-refractivity contribution is -0.122. The van der Waals surface area contributed by atoms with Gasteiger partial charge in [-0.3, -0.25) is 4.79 Å². The van der Waals surface area contributed by atoms with Gasteiger partial charge in [0.25, 0.3) is 0 Å². The van der Waals surface area contributed by atoms with Crippen LogP contribution in [0.1, 0.15) is 37.4 Å². The van der Waals surface area contributed by atoms with Gasteiger partial charge in [0.15, 0.2) is 5.84 Å². The van der Waals surface area contributed by atoms with Crippen LogP contribution in [0.3, 0.4) is 0 Å². The first-order valence-corrected chi connectivity index (χ1v) is 10.7. The SMILES string of the molecule is CCNC(=O)C[C@H]1CON=C2C(=Cc3ccc(-n4cnc(C)c4)c(OC)c3)CCCN21. The van der Waals surface area contributed by atoms with Gasteiger partial charge in [-0.15, -0.1) is 0 Å². The Bertz CT molecular complexity index is 1010. The van der Waals surface area contributed by atoms with Crippen LogP contribution in [0.15, 0.2) is 41.5 Å². The van der Waals surface area contributed by atoms with Gasteiger partial charge in [-0.1, -0.05) is 11.2 Å². The van der Waals surface area contributed by atoms with Gasteiger partial charge in [0.2, 0.25) is 5.91 Å². The molecule has 1 aromatic heterocycles. The fourth-order valence-corrected chi connectivity index (χ4v) is 4.12. The first-order chi connectivity index (χ1) is 15.1. The van der Waals surface area contributed by atoms with Crippen molar-refractivity contribution in [3.05, 3.63) is 47.6 Å². The highest BCUT2D eigenvalue weighted by Gasteiger charge is 2.33. The fourth-order valence-electron chi connectivity index (χ4n) is 4.12. The Balaban J connectivity index is 1.58. The number of hydrogen-bond acceptors (Lipinski definition) is 6. The van der Waals surface area contributed by atoms with Crippen molar-refractivity contribution in [2.45, 2.75) is 39.2 Å². The summed E-state index contributed by atoms with van der Waals surface area (Å²) in [5.74, 6) is 1.65. The number of carbonyl (C=O) groups excluding carboxylic acids is 1. The average molecular weight is 424 g/mol. The third-order valence-electron chi connectivity index (χ3n) is 5.59. The molecule has 0 unspecified atom stereocenters. The first-order valence-electron chi connectivity index (χ1n) is 10.7. The van der Waals surface area contributed by atoms with Gasteiger partial charge in [0.05, 0.1) is 37.3 Å². The standard InChI is InChI=1S/C23H29N5O3/c1-4-24-22(29)12-19-14-31-26-23-18(6-5-9-28(19)23)10-17-7-8-20(21(11-17)30-3)27-13-16(2)25-15-27/h7-8,10-11,13,15,19H,4-6,9,12,14H2,1-3H3,(H,24,29)/t19-/m0/s1. The highest BCUT2D eigenvalue weighted by molar-refractivity contribution is 6.03. The molecule has 2 aromatic rings. The van der Waals surface area contributed by atoms with E-state index in [1.54, 1.807) is 13.4 Å². The minimum absolute atomic E-state index is 0.00384. The molecule has 0 radical (unpaired) electrons. The van der Waals surface area contributed by atoms with Gasteiger partial charge >= 0.3 is 0 Å². The van der Waals surface area contributed by atoms with Crippen LogP contribution in [0.25, 0.3) is 11.8 Å². The molecule has 2 aliphatic heterocycles. The van der Waals surface area contributed by atoms with Crippen LogP contribution < -0.4 is 10.1 Å². The van der Waals surface area contributed by atoms with Gasteiger partial charge in [-0.2, -0.15) is 0 Å². The molecule has 1 saturated heterocycles. The van der Waals surface area contributed by atoms with E-state index in [1.807, 2.05) is 36.7 Å². The van der Waals surface area contributed by atoms with E-state index in [4.69, 9.17) is 9.57 Å². The van der Waals surface area contributed by atoms with Gasteiger partial charge < -0.3 is 24.4 Å². The Hall–Kier alpha value is -3.29. The van der Waals surface area contributed by atoms with Crippen molar-refractivity contribution >= 4 is 17.8 Å². The molecule has 1 fully saturated rings. The topological polar surface area (TPSA) is 81.0 Å². The third-order valence-corrected chi connectivity index (χ3v) is 5.59. The molecule has 0 bridgehead atoms. The van der Waals surface area contributed by atoms with E-state index in [9.17, 15) is 4.79 Å². The van der Waals surface area contributed by atoms with E-state index < -0.39 is 0 Å². The molecule has 1 aromatic carbocycles. The van der Waals surface area contributed by atoms with Crippen molar-refractivity contribution in [3.8, 4) is 11.4 Å². The number of carbonyl (C=O) groups is 1. The first kappa shape index (κ1) is 21.0. The number of hydrogen-bond donors (Lipinski definition) is 1. The van der Waals surface area contributed by atoms with E-state index in [-0.39, 0.29) is 11.9 Å². The molecule has 1 atom stereocenters. The minimum atomic E-state index is 0.00384. The van der Waals surface area contributed by atoms with Gasteiger partial charge in [-0.25, -0.2) is 4.98 Å². The van der Waals surface area contributed by atoms with Crippen molar-refractivity contribution in [1.82, 2.24) is 19.8 Å². The Kier molecular flexibility index (Phi) is 6.25. The summed E-state index contributed by atoms with van der Waals surface area (Å²) in [5.41, 5.74) is 4.03.